The molecule has 0 spiro atoms. The fourth-order valence-corrected chi connectivity index (χ4v) is 4.01. The standard InChI is InChI=1S/C22H28FN3O/c1-17-7-8-21(25-10-12-27-13-11-25)15-22(17)24-19-5-3-9-26(16-19)20-6-2-4-18(23)14-20/h2,4,6-8,14-15,19,24H,3,5,9-13,16H2,1H3/t19-/m1/s1. The van der Waals surface area contributed by atoms with E-state index in [1.807, 2.05) is 6.07 Å². The SMILES string of the molecule is Cc1ccc(N2CCOCC2)cc1N[C@@H]1CCCN(c2cccc(F)c2)C1. The number of nitrogens with zero attached hydrogens (tertiary/aromatic N) is 2. The summed E-state index contributed by atoms with van der Waals surface area (Å²) in [7, 11) is 0. The molecule has 0 aliphatic carbocycles. The Bertz CT molecular complexity index is 776. The Kier molecular flexibility index (Phi) is 5.48. The molecule has 2 saturated heterocycles. The third-order valence-electron chi connectivity index (χ3n) is 5.55. The van der Waals surface area contributed by atoms with E-state index in [2.05, 4.69) is 40.2 Å². The zero-order chi connectivity index (χ0) is 18.6. The summed E-state index contributed by atoms with van der Waals surface area (Å²) < 4.78 is 19.1. The van der Waals surface area contributed by atoms with Gasteiger partial charge in [-0.1, -0.05) is 12.1 Å². The molecule has 0 amide bonds. The fraction of sp³-hybridized carbons (Fsp3) is 0.455. The molecule has 2 aliphatic heterocycles. The van der Waals surface area contributed by atoms with Crippen LogP contribution in [0.5, 0.6) is 0 Å². The van der Waals surface area contributed by atoms with Gasteiger partial charge < -0.3 is 19.9 Å². The van der Waals surface area contributed by atoms with Gasteiger partial charge >= 0.3 is 0 Å². The predicted octanol–water partition coefficient (Wildman–Crippen LogP) is 4.05. The highest BCUT2D eigenvalue weighted by atomic mass is 19.1. The summed E-state index contributed by atoms with van der Waals surface area (Å²) in [5.41, 5.74) is 4.68. The number of aryl methyl sites for hydroxylation is 1. The van der Waals surface area contributed by atoms with Crippen LogP contribution in [0, 0.1) is 12.7 Å². The van der Waals surface area contributed by atoms with Crippen LogP contribution in [0.1, 0.15) is 18.4 Å². The highest BCUT2D eigenvalue weighted by Crippen LogP contribution is 2.27. The first-order chi connectivity index (χ1) is 13.2. The van der Waals surface area contributed by atoms with Crippen molar-refractivity contribution < 1.29 is 9.13 Å². The van der Waals surface area contributed by atoms with Crippen LogP contribution < -0.4 is 15.1 Å². The first-order valence-corrected chi connectivity index (χ1v) is 9.89. The van der Waals surface area contributed by atoms with Crippen LogP contribution in [0.2, 0.25) is 0 Å². The second kappa shape index (κ2) is 8.17. The van der Waals surface area contributed by atoms with Gasteiger partial charge in [0.2, 0.25) is 0 Å². The van der Waals surface area contributed by atoms with Gasteiger partial charge in [0.05, 0.1) is 13.2 Å². The molecule has 1 N–H and O–H groups in total. The van der Waals surface area contributed by atoms with Gasteiger partial charge in [-0.25, -0.2) is 4.39 Å². The van der Waals surface area contributed by atoms with Gasteiger partial charge in [0.25, 0.3) is 0 Å². The van der Waals surface area contributed by atoms with Crippen molar-refractivity contribution in [3.63, 3.8) is 0 Å². The third-order valence-corrected chi connectivity index (χ3v) is 5.55. The summed E-state index contributed by atoms with van der Waals surface area (Å²) in [6.45, 7) is 7.50. The smallest absolute Gasteiger partial charge is 0.125 e. The number of nitrogens with one attached hydrogen (secondary N) is 1. The Morgan fingerprint density at radius 2 is 1.81 bits per heavy atom. The highest BCUT2D eigenvalue weighted by Gasteiger charge is 2.21. The van der Waals surface area contributed by atoms with E-state index in [1.54, 1.807) is 12.1 Å². The van der Waals surface area contributed by atoms with E-state index in [-0.39, 0.29) is 5.82 Å². The fourth-order valence-electron chi connectivity index (χ4n) is 4.01. The molecular formula is C22H28FN3O. The Morgan fingerprint density at radius 3 is 2.63 bits per heavy atom. The van der Waals surface area contributed by atoms with Gasteiger partial charge in [0.15, 0.2) is 0 Å². The number of halogens is 1. The van der Waals surface area contributed by atoms with Crippen molar-refractivity contribution in [2.45, 2.75) is 25.8 Å². The zero-order valence-electron chi connectivity index (χ0n) is 16.0. The molecule has 2 aromatic rings. The van der Waals surface area contributed by atoms with Crippen molar-refractivity contribution in [1.29, 1.82) is 0 Å². The molecule has 0 radical (unpaired) electrons. The summed E-state index contributed by atoms with van der Waals surface area (Å²) in [4.78, 5) is 4.67. The second-order valence-electron chi connectivity index (χ2n) is 7.51. The largest absolute Gasteiger partial charge is 0.380 e. The van der Waals surface area contributed by atoms with E-state index < -0.39 is 0 Å². The lowest BCUT2D eigenvalue weighted by Gasteiger charge is -2.36. The van der Waals surface area contributed by atoms with Crippen molar-refractivity contribution in [3.8, 4) is 0 Å². The molecule has 144 valence electrons. The molecule has 4 rings (SSSR count). The molecule has 0 unspecified atom stereocenters. The average Bonchev–Trinajstić information content (AvgIpc) is 2.71. The van der Waals surface area contributed by atoms with E-state index in [1.165, 1.54) is 23.0 Å². The van der Waals surface area contributed by atoms with Crippen molar-refractivity contribution in [2.24, 2.45) is 0 Å². The van der Waals surface area contributed by atoms with E-state index in [0.717, 1.165) is 57.9 Å². The van der Waals surface area contributed by atoms with E-state index >= 15 is 0 Å². The normalized spacial score (nSPS) is 20.6. The Labute approximate surface area is 160 Å². The van der Waals surface area contributed by atoms with Gasteiger partial charge in [0, 0.05) is 49.3 Å². The van der Waals surface area contributed by atoms with Crippen molar-refractivity contribution in [3.05, 3.63) is 53.8 Å². The minimum absolute atomic E-state index is 0.170. The van der Waals surface area contributed by atoms with E-state index in [0.29, 0.717) is 6.04 Å². The molecular weight excluding hydrogens is 341 g/mol. The van der Waals surface area contributed by atoms with Gasteiger partial charge in [-0.05, 0) is 55.7 Å². The van der Waals surface area contributed by atoms with E-state index in [4.69, 9.17) is 4.74 Å². The monoisotopic (exact) mass is 369 g/mol. The molecule has 2 fully saturated rings. The number of hydrogen-bond donors (Lipinski definition) is 1. The second-order valence-corrected chi connectivity index (χ2v) is 7.51. The number of rotatable bonds is 4. The van der Waals surface area contributed by atoms with Gasteiger partial charge in [-0.15, -0.1) is 0 Å². The van der Waals surface area contributed by atoms with Crippen molar-refractivity contribution >= 4 is 17.1 Å². The van der Waals surface area contributed by atoms with Crippen LogP contribution in [0.15, 0.2) is 42.5 Å². The molecule has 0 saturated carbocycles. The van der Waals surface area contributed by atoms with Crippen LogP contribution in [0.3, 0.4) is 0 Å². The molecule has 0 aromatic heterocycles. The maximum atomic E-state index is 13.6. The predicted molar refractivity (Wildman–Crippen MR) is 109 cm³/mol. The van der Waals surface area contributed by atoms with Gasteiger partial charge in [-0.2, -0.15) is 0 Å². The van der Waals surface area contributed by atoms with Crippen LogP contribution in [-0.4, -0.2) is 45.4 Å². The van der Waals surface area contributed by atoms with E-state index in [9.17, 15) is 4.39 Å². The molecule has 1 atom stereocenters. The number of hydrogen-bond acceptors (Lipinski definition) is 4. The Hall–Kier alpha value is -2.27. The summed E-state index contributed by atoms with van der Waals surface area (Å²) in [6, 6.07) is 13.9. The molecule has 5 heteroatoms. The highest BCUT2D eigenvalue weighted by molar-refractivity contribution is 5.63. The molecule has 2 aromatic carbocycles. The minimum atomic E-state index is -0.170. The summed E-state index contributed by atoms with van der Waals surface area (Å²) in [5, 5.41) is 3.75. The van der Waals surface area contributed by atoms with Crippen molar-refractivity contribution in [1.82, 2.24) is 0 Å². The lowest BCUT2D eigenvalue weighted by atomic mass is 10.0. The zero-order valence-corrected chi connectivity index (χ0v) is 16.0. The lowest BCUT2D eigenvalue weighted by molar-refractivity contribution is 0.122. The van der Waals surface area contributed by atoms with Crippen LogP contribution in [0.4, 0.5) is 21.5 Å². The van der Waals surface area contributed by atoms with Gasteiger partial charge in [0.1, 0.15) is 5.82 Å². The molecule has 0 bridgehead atoms. The third kappa shape index (κ3) is 4.35. The number of ether oxygens (including phenoxy) is 1. The Balaban J connectivity index is 1.46. The molecule has 2 aliphatic rings. The Morgan fingerprint density at radius 1 is 1.00 bits per heavy atom. The lowest BCUT2D eigenvalue weighted by Crippen LogP contribution is -2.42. The quantitative estimate of drug-likeness (QED) is 0.880. The number of anilines is 3. The van der Waals surface area contributed by atoms with Crippen LogP contribution >= 0.6 is 0 Å². The molecule has 2 heterocycles. The van der Waals surface area contributed by atoms with Crippen LogP contribution in [0.25, 0.3) is 0 Å². The first-order valence-electron chi connectivity index (χ1n) is 9.89. The van der Waals surface area contributed by atoms with Gasteiger partial charge in [-0.3, -0.25) is 0 Å². The van der Waals surface area contributed by atoms with Crippen LogP contribution in [-0.2, 0) is 4.74 Å². The summed E-state index contributed by atoms with van der Waals surface area (Å²) in [5.74, 6) is -0.170. The average molecular weight is 369 g/mol. The number of benzene rings is 2. The minimum Gasteiger partial charge on any atom is -0.380 e. The maximum Gasteiger partial charge on any atom is 0.125 e. The molecule has 4 nitrogen and oxygen atoms in total. The molecule has 27 heavy (non-hydrogen) atoms. The van der Waals surface area contributed by atoms with Crippen molar-refractivity contribution in [2.75, 3.05) is 54.5 Å². The summed E-state index contributed by atoms with van der Waals surface area (Å²) >= 11 is 0. The maximum absolute atomic E-state index is 13.6. The first kappa shape index (κ1) is 18.1. The number of piperidine rings is 1. The number of morpholine rings is 1. The summed E-state index contributed by atoms with van der Waals surface area (Å²) in [6.07, 6.45) is 2.24. The topological polar surface area (TPSA) is 27.7 Å².